The van der Waals surface area contributed by atoms with Crippen molar-refractivity contribution in [3.05, 3.63) is 65.6 Å². The van der Waals surface area contributed by atoms with Gasteiger partial charge >= 0.3 is 0 Å². The third kappa shape index (κ3) is 4.02. The van der Waals surface area contributed by atoms with Crippen molar-refractivity contribution in [3.63, 3.8) is 0 Å². The lowest BCUT2D eigenvalue weighted by Crippen LogP contribution is -2.37. The van der Waals surface area contributed by atoms with E-state index in [1.165, 1.54) is 6.07 Å². The minimum absolute atomic E-state index is 0.0137. The van der Waals surface area contributed by atoms with E-state index in [1.54, 1.807) is 36.4 Å². The summed E-state index contributed by atoms with van der Waals surface area (Å²) in [6, 6.07) is 11.8. The average Bonchev–Trinajstić information content (AvgIpc) is 3.24. The van der Waals surface area contributed by atoms with E-state index in [0.29, 0.717) is 23.3 Å². The number of nitrogens with one attached hydrogen (secondary N) is 2. The second kappa shape index (κ2) is 7.89. The van der Waals surface area contributed by atoms with Crippen molar-refractivity contribution in [1.29, 1.82) is 0 Å². The van der Waals surface area contributed by atoms with E-state index in [-0.39, 0.29) is 22.6 Å². The molecule has 28 heavy (non-hydrogen) atoms. The molecule has 1 fully saturated rings. The average molecular weight is 419 g/mol. The monoisotopic (exact) mass is 418 g/mol. The van der Waals surface area contributed by atoms with Crippen molar-refractivity contribution >= 4 is 33.2 Å². The summed E-state index contributed by atoms with van der Waals surface area (Å²) in [5.41, 5.74) is -0.135. The first-order valence-corrected chi connectivity index (χ1v) is 11.2. The molecule has 2 amide bonds. The van der Waals surface area contributed by atoms with Gasteiger partial charge in [0.25, 0.3) is 15.9 Å². The van der Waals surface area contributed by atoms with Gasteiger partial charge in [-0.15, -0.1) is 17.9 Å². The molecular weight excluding hydrogens is 396 g/mol. The first-order valence-electron chi connectivity index (χ1n) is 8.94. The second-order valence-electron chi connectivity index (χ2n) is 6.76. The number of carbonyl (C=O) groups excluding carboxylic acids is 2. The number of allylic oxidation sites excluding steroid dienone is 1. The fourth-order valence-corrected chi connectivity index (χ4v) is 5.56. The molecule has 1 aromatic carbocycles. The van der Waals surface area contributed by atoms with Gasteiger partial charge in [0.2, 0.25) is 5.91 Å². The van der Waals surface area contributed by atoms with Gasteiger partial charge in [-0.2, -0.15) is 0 Å². The van der Waals surface area contributed by atoms with Crippen LogP contribution in [0.3, 0.4) is 0 Å². The number of rotatable bonds is 8. The van der Waals surface area contributed by atoms with Crippen LogP contribution in [0.4, 0.5) is 0 Å². The van der Waals surface area contributed by atoms with Gasteiger partial charge in [-0.3, -0.25) is 9.59 Å². The van der Waals surface area contributed by atoms with E-state index in [9.17, 15) is 18.0 Å². The summed E-state index contributed by atoms with van der Waals surface area (Å²) in [6.45, 7) is 5.78. The number of hydrogen-bond acceptors (Lipinski definition) is 5. The summed E-state index contributed by atoms with van der Waals surface area (Å²) >= 11 is 1.03. The number of benzene rings is 1. The summed E-state index contributed by atoms with van der Waals surface area (Å²) in [5.74, 6) is -0.701. The highest BCUT2D eigenvalue weighted by molar-refractivity contribution is 7.92. The zero-order valence-corrected chi connectivity index (χ0v) is 17.1. The molecule has 2 aromatic rings. The van der Waals surface area contributed by atoms with Gasteiger partial charge < -0.3 is 5.32 Å². The Hall–Kier alpha value is -2.45. The lowest BCUT2D eigenvalue weighted by Gasteiger charge is -2.13. The maximum Gasteiger partial charge on any atom is 0.273 e. The van der Waals surface area contributed by atoms with Gasteiger partial charge in [-0.1, -0.05) is 31.2 Å². The van der Waals surface area contributed by atoms with E-state index < -0.39 is 21.3 Å². The zero-order valence-electron chi connectivity index (χ0n) is 15.5. The molecular formula is C20H22N2O4S2. The fourth-order valence-electron chi connectivity index (χ4n) is 3.20. The Bertz CT molecular complexity index is 998. The molecule has 8 heteroatoms. The van der Waals surface area contributed by atoms with Crippen molar-refractivity contribution in [2.75, 3.05) is 0 Å². The third-order valence-electron chi connectivity index (χ3n) is 5.09. The Kier molecular flexibility index (Phi) is 5.71. The molecule has 0 spiro atoms. The number of thiophene rings is 1. The van der Waals surface area contributed by atoms with Gasteiger partial charge in [0, 0.05) is 10.4 Å². The van der Waals surface area contributed by atoms with E-state index >= 15 is 0 Å². The lowest BCUT2D eigenvalue weighted by atomic mass is 10.00. The quantitative estimate of drug-likeness (QED) is 0.645. The SMILES string of the molecule is C=C[C@@H]1C[C@]1(CC)C(=O)NS(=O)(=O)c1ccc(CNC(=O)c2ccccc2)s1. The first-order chi connectivity index (χ1) is 13.3. The van der Waals surface area contributed by atoms with Crippen LogP contribution in [-0.2, 0) is 21.4 Å². The van der Waals surface area contributed by atoms with Crippen LogP contribution in [0.25, 0.3) is 0 Å². The molecule has 0 radical (unpaired) electrons. The molecule has 0 bridgehead atoms. The van der Waals surface area contributed by atoms with E-state index in [0.717, 1.165) is 11.3 Å². The predicted molar refractivity (Wildman–Crippen MR) is 108 cm³/mol. The minimum atomic E-state index is -3.94. The third-order valence-corrected chi connectivity index (χ3v) is 8.00. The maximum atomic E-state index is 12.6. The van der Waals surface area contributed by atoms with Gasteiger partial charge in [-0.25, -0.2) is 13.1 Å². The van der Waals surface area contributed by atoms with Crippen LogP contribution in [-0.4, -0.2) is 20.2 Å². The molecule has 3 rings (SSSR count). The minimum Gasteiger partial charge on any atom is -0.347 e. The van der Waals surface area contributed by atoms with E-state index in [1.807, 2.05) is 13.0 Å². The molecule has 1 aliphatic rings. The Morgan fingerprint density at radius 1 is 1.25 bits per heavy atom. The summed E-state index contributed by atoms with van der Waals surface area (Å²) in [7, 11) is -3.94. The van der Waals surface area contributed by atoms with Crippen LogP contribution < -0.4 is 10.0 Å². The molecule has 0 saturated heterocycles. The number of hydrogen-bond donors (Lipinski definition) is 2. The van der Waals surface area contributed by atoms with Gasteiger partial charge in [0.05, 0.1) is 12.0 Å². The highest BCUT2D eigenvalue weighted by Gasteiger charge is 2.57. The molecule has 2 N–H and O–H groups in total. The predicted octanol–water partition coefficient (Wildman–Crippen LogP) is 3.09. The molecule has 1 heterocycles. The molecule has 1 aromatic heterocycles. The normalized spacial score (nSPS) is 21.0. The zero-order chi connectivity index (χ0) is 20.4. The van der Waals surface area contributed by atoms with Crippen molar-refractivity contribution in [2.45, 2.75) is 30.5 Å². The van der Waals surface area contributed by atoms with Crippen LogP contribution in [0.15, 0.2) is 59.3 Å². The highest BCUT2D eigenvalue weighted by atomic mass is 32.2. The van der Waals surface area contributed by atoms with Gasteiger partial charge in [0.15, 0.2) is 0 Å². The Morgan fingerprint density at radius 3 is 2.57 bits per heavy atom. The van der Waals surface area contributed by atoms with Gasteiger partial charge in [-0.05, 0) is 43.0 Å². The Morgan fingerprint density at radius 2 is 1.96 bits per heavy atom. The molecule has 0 unspecified atom stereocenters. The second-order valence-corrected chi connectivity index (χ2v) is 9.84. The molecule has 1 saturated carbocycles. The lowest BCUT2D eigenvalue weighted by molar-refractivity contribution is -0.124. The standard InChI is InChI=1S/C20H22N2O4S2/c1-3-15-12-20(15,4-2)19(24)22-28(25,26)17-11-10-16(27-17)13-21-18(23)14-8-6-5-7-9-14/h3,5-11,15H,1,4,12-13H2,2H3,(H,21,23)(H,22,24)/t15-,20+/m1/s1. The fraction of sp³-hybridized carbons (Fsp3) is 0.300. The van der Waals surface area contributed by atoms with Crippen LogP contribution in [0.5, 0.6) is 0 Å². The summed E-state index contributed by atoms with van der Waals surface area (Å²) in [4.78, 5) is 25.3. The Labute approximate surface area is 168 Å². The summed E-state index contributed by atoms with van der Waals surface area (Å²) < 4.78 is 27.4. The van der Waals surface area contributed by atoms with Crippen LogP contribution in [0.1, 0.15) is 35.0 Å². The van der Waals surface area contributed by atoms with E-state index in [4.69, 9.17) is 0 Å². The van der Waals surface area contributed by atoms with Crippen LogP contribution >= 0.6 is 11.3 Å². The molecule has 0 aliphatic heterocycles. The van der Waals surface area contributed by atoms with Crippen molar-refractivity contribution in [2.24, 2.45) is 11.3 Å². The number of carbonyl (C=O) groups is 2. The maximum absolute atomic E-state index is 12.6. The molecule has 1 aliphatic carbocycles. The molecule has 6 nitrogen and oxygen atoms in total. The Balaban J connectivity index is 1.63. The van der Waals surface area contributed by atoms with Crippen molar-refractivity contribution in [1.82, 2.24) is 10.0 Å². The van der Waals surface area contributed by atoms with Crippen LogP contribution in [0.2, 0.25) is 0 Å². The molecule has 148 valence electrons. The first kappa shape index (κ1) is 20.3. The van der Waals surface area contributed by atoms with Crippen molar-refractivity contribution < 1.29 is 18.0 Å². The van der Waals surface area contributed by atoms with Crippen LogP contribution in [0, 0.1) is 11.3 Å². The smallest absolute Gasteiger partial charge is 0.273 e. The topological polar surface area (TPSA) is 92.3 Å². The summed E-state index contributed by atoms with van der Waals surface area (Å²) in [5, 5.41) is 2.76. The number of amides is 2. The highest BCUT2D eigenvalue weighted by Crippen LogP contribution is 2.56. The largest absolute Gasteiger partial charge is 0.347 e. The van der Waals surface area contributed by atoms with Gasteiger partial charge in [0.1, 0.15) is 4.21 Å². The summed E-state index contributed by atoms with van der Waals surface area (Å²) in [6.07, 6.45) is 2.89. The van der Waals surface area contributed by atoms with Crippen molar-refractivity contribution in [3.8, 4) is 0 Å². The number of sulfonamides is 1. The van der Waals surface area contributed by atoms with E-state index in [2.05, 4.69) is 16.6 Å². The molecule has 2 atom stereocenters.